The summed E-state index contributed by atoms with van der Waals surface area (Å²) in [7, 11) is 0. The maximum Gasteiger partial charge on any atom is 0.407 e. The van der Waals surface area contributed by atoms with Crippen LogP contribution >= 0.6 is 0 Å². The molecule has 0 aromatic rings. The molecule has 1 N–H and O–H groups in total. The Morgan fingerprint density at radius 1 is 1.42 bits per heavy atom. The van der Waals surface area contributed by atoms with Gasteiger partial charge in [0.05, 0.1) is 0 Å². The van der Waals surface area contributed by atoms with E-state index in [0.717, 1.165) is 12.8 Å². The minimum Gasteiger partial charge on any atom is -0.443 e. The van der Waals surface area contributed by atoms with Crippen molar-refractivity contribution in [2.24, 2.45) is 0 Å². The molecule has 1 rings (SSSR count). The van der Waals surface area contributed by atoms with Crippen LogP contribution in [0, 0.1) is 6.61 Å². The van der Waals surface area contributed by atoms with Crippen molar-refractivity contribution < 1.29 is 9.53 Å². The lowest BCUT2D eigenvalue weighted by Gasteiger charge is -2.21. The average Bonchev–Trinajstić information content (AvgIpc) is 2.06. The smallest absolute Gasteiger partial charge is 0.407 e. The maximum atomic E-state index is 10.9. The van der Waals surface area contributed by atoms with Crippen LogP contribution in [0.2, 0.25) is 0 Å². The Balaban J connectivity index is 2.15. The van der Waals surface area contributed by atoms with E-state index in [1.807, 2.05) is 0 Å². The molecular formula is C9H16NO2. The predicted molar refractivity (Wildman–Crippen MR) is 46.5 cm³/mol. The van der Waals surface area contributed by atoms with Gasteiger partial charge in [-0.3, -0.25) is 0 Å². The summed E-state index contributed by atoms with van der Waals surface area (Å²) >= 11 is 0. The molecule has 1 aliphatic rings. The number of ether oxygens (including phenoxy) is 1. The summed E-state index contributed by atoms with van der Waals surface area (Å²) in [5, 5.41) is 2.83. The van der Waals surface area contributed by atoms with E-state index in [1.54, 1.807) is 6.92 Å². The van der Waals surface area contributed by atoms with Gasteiger partial charge in [0.15, 0.2) is 0 Å². The third-order valence-corrected chi connectivity index (χ3v) is 2.15. The molecule has 0 unspecified atom stereocenters. The number of nitrogens with one attached hydrogen (secondary N) is 1. The second-order valence-corrected chi connectivity index (χ2v) is 3.12. The average molecular weight is 170 g/mol. The summed E-state index contributed by atoms with van der Waals surface area (Å²) in [4.78, 5) is 10.9. The van der Waals surface area contributed by atoms with Gasteiger partial charge in [-0.1, -0.05) is 19.3 Å². The second-order valence-electron chi connectivity index (χ2n) is 3.12. The van der Waals surface area contributed by atoms with Crippen molar-refractivity contribution in [2.45, 2.75) is 45.1 Å². The Kier molecular flexibility index (Phi) is 3.91. The Labute approximate surface area is 73.5 Å². The van der Waals surface area contributed by atoms with E-state index < -0.39 is 0 Å². The zero-order valence-electron chi connectivity index (χ0n) is 7.51. The fraction of sp³-hybridized carbons (Fsp3) is 0.778. The lowest BCUT2D eigenvalue weighted by Crippen LogP contribution is -2.36. The predicted octanol–water partition coefficient (Wildman–Crippen LogP) is 2.23. The summed E-state index contributed by atoms with van der Waals surface area (Å²) in [6.07, 6.45) is 5.62. The standard InChI is InChI=1S/C9H16NO2/c1-2-12-9(11)10-8-6-4-3-5-7-8/h2,8H,3-7H2,1H3,(H,10,11). The fourth-order valence-corrected chi connectivity index (χ4v) is 1.55. The molecule has 3 heteroatoms. The molecule has 1 aliphatic carbocycles. The molecule has 0 spiro atoms. The molecule has 0 atom stereocenters. The summed E-state index contributed by atoms with van der Waals surface area (Å²) in [6.45, 7) is 3.10. The minimum absolute atomic E-state index is 0.315. The van der Waals surface area contributed by atoms with Crippen molar-refractivity contribution in [3.8, 4) is 0 Å². The van der Waals surface area contributed by atoms with Crippen molar-refractivity contribution >= 4 is 6.09 Å². The SMILES string of the molecule is C[CH]OC(=O)NC1CCCCC1. The summed E-state index contributed by atoms with van der Waals surface area (Å²) < 4.78 is 4.67. The number of rotatable bonds is 2. The van der Waals surface area contributed by atoms with Crippen LogP contribution in [0.3, 0.4) is 0 Å². The highest BCUT2D eigenvalue weighted by molar-refractivity contribution is 5.67. The largest absolute Gasteiger partial charge is 0.443 e. The van der Waals surface area contributed by atoms with Gasteiger partial charge < -0.3 is 10.1 Å². The number of amides is 1. The lowest BCUT2D eigenvalue weighted by atomic mass is 9.96. The molecule has 0 aromatic carbocycles. The van der Waals surface area contributed by atoms with Gasteiger partial charge in [0.25, 0.3) is 0 Å². The molecule has 0 bridgehead atoms. The highest BCUT2D eigenvalue weighted by atomic mass is 16.5. The highest BCUT2D eigenvalue weighted by Gasteiger charge is 2.15. The highest BCUT2D eigenvalue weighted by Crippen LogP contribution is 2.17. The van der Waals surface area contributed by atoms with Gasteiger partial charge in [-0.05, 0) is 19.8 Å². The van der Waals surface area contributed by atoms with Crippen LogP contribution in [0.1, 0.15) is 39.0 Å². The van der Waals surface area contributed by atoms with E-state index in [0.29, 0.717) is 6.04 Å². The van der Waals surface area contributed by atoms with E-state index in [4.69, 9.17) is 0 Å². The van der Waals surface area contributed by atoms with Gasteiger partial charge in [-0.15, -0.1) is 0 Å². The monoisotopic (exact) mass is 170 g/mol. The van der Waals surface area contributed by atoms with E-state index >= 15 is 0 Å². The molecule has 0 aromatic heterocycles. The van der Waals surface area contributed by atoms with Crippen molar-refractivity contribution in [2.75, 3.05) is 0 Å². The van der Waals surface area contributed by atoms with Crippen molar-refractivity contribution in [1.29, 1.82) is 0 Å². The van der Waals surface area contributed by atoms with Gasteiger partial charge in [-0.2, -0.15) is 0 Å². The molecule has 3 nitrogen and oxygen atoms in total. The zero-order chi connectivity index (χ0) is 8.81. The van der Waals surface area contributed by atoms with Gasteiger partial charge in [0.1, 0.15) is 6.61 Å². The van der Waals surface area contributed by atoms with Crippen LogP contribution in [0.25, 0.3) is 0 Å². The van der Waals surface area contributed by atoms with Crippen molar-refractivity contribution in [3.63, 3.8) is 0 Å². The second kappa shape index (κ2) is 5.01. The van der Waals surface area contributed by atoms with Crippen LogP contribution < -0.4 is 5.32 Å². The molecule has 1 fully saturated rings. The van der Waals surface area contributed by atoms with Gasteiger partial charge in [0, 0.05) is 6.04 Å². The summed E-state index contributed by atoms with van der Waals surface area (Å²) in [6, 6.07) is 0.339. The Hall–Kier alpha value is -0.730. The number of carbonyl (C=O) groups is 1. The van der Waals surface area contributed by atoms with Gasteiger partial charge >= 0.3 is 6.09 Å². The van der Waals surface area contributed by atoms with E-state index in [1.165, 1.54) is 25.9 Å². The first kappa shape index (κ1) is 9.36. The zero-order valence-corrected chi connectivity index (χ0v) is 7.51. The summed E-state index contributed by atoms with van der Waals surface area (Å²) in [5.41, 5.74) is 0. The third-order valence-electron chi connectivity index (χ3n) is 2.15. The molecular weight excluding hydrogens is 154 g/mol. The first-order valence-corrected chi connectivity index (χ1v) is 4.58. The van der Waals surface area contributed by atoms with Gasteiger partial charge in [-0.25, -0.2) is 4.79 Å². The van der Waals surface area contributed by atoms with Gasteiger partial charge in [0.2, 0.25) is 0 Å². The molecule has 1 radical (unpaired) electrons. The minimum atomic E-state index is -0.315. The maximum absolute atomic E-state index is 10.9. The van der Waals surface area contributed by atoms with Crippen molar-refractivity contribution in [3.05, 3.63) is 6.61 Å². The van der Waals surface area contributed by atoms with Crippen LogP contribution in [0.4, 0.5) is 4.79 Å². The normalized spacial score (nSPS) is 18.8. The Morgan fingerprint density at radius 2 is 2.08 bits per heavy atom. The van der Waals surface area contributed by atoms with Crippen LogP contribution in [0.15, 0.2) is 0 Å². The van der Waals surface area contributed by atoms with Crippen LogP contribution in [0.5, 0.6) is 0 Å². The molecule has 1 amide bonds. The molecule has 69 valence electrons. The molecule has 1 saturated carbocycles. The van der Waals surface area contributed by atoms with E-state index in [2.05, 4.69) is 10.1 Å². The molecule has 0 aliphatic heterocycles. The van der Waals surface area contributed by atoms with Crippen LogP contribution in [-0.4, -0.2) is 12.1 Å². The number of hydrogen-bond acceptors (Lipinski definition) is 2. The van der Waals surface area contributed by atoms with Crippen LogP contribution in [-0.2, 0) is 4.74 Å². The Morgan fingerprint density at radius 3 is 2.67 bits per heavy atom. The third kappa shape index (κ3) is 3.11. The lowest BCUT2D eigenvalue weighted by molar-refractivity contribution is 0.165. The first-order chi connectivity index (χ1) is 5.83. The van der Waals surface area contributed by atoms with E-state index in [9.17, 15) is 4.79 Å². The summed E-state index contributed by atoms with van der Waals surface area (Å²) in [5.74, 6) is 0. The van der Waals surface area contributed by atoms with Crippen molar-refractivity contribution in [1.82, 2.24) is 5.32 Å². The number of alkyl carbamates (subject to hydrolysis) is 1. The number of carbonyl (C=O) groups excluding carboxylic acids is 1. The number of hydrogen-bond donors (Lipinski definition) is 1. The first-order valence-electron chi connectivity index (χ1n) is 4.58. The molecule has 0 saturated heterocycles. The van der Waals surface area contributed by atoms with E-state index in [-0.39, 0.29) is 6.09 Å². The molecule has 0 heterocycles. The topological polar surface area (TPSA) is 38.3 Å². The fourth-order valence-electron chi connectivity index (χ4n) is 1.55. The molecule has 12 heavy (non-hydrogen) atoms. The Bertz CT molecular complexity index is 141. The quantitative estimate of drug-likeness (QED) is 0.690.